The van der Waals surface area contributed by atoms with Crippen molar-refractivity contribution in [3.8, 4) is 5.75 Å². The number of aromatic nitrogens is 3. The smallest absolute Gasteiger partial charge is 0.534 e. The highest BCUT2D eigenvalue weighted by molar-refractivity contribution is 6.47. The summed E-state index contributed by atoms with van der Waals surface area (Å²) in [5.41, 5.74) is 6.45. The number of hydrogen-bond acceptors (Lipinski definition) is 8. The SMILES string of the molecule is N[C@H]1CCN(C(=O)c2cn(CC(=O)N[C@H]3Cc4cccc(C(=O)O)c4OB3O)nn2)C1. The molecule has 0 radical (unpaired) electrons. The van der Waals surface area contributed by atoms with Gasteiger partial charge in [0, 0.05) is 19.1 Å². The Hall–Kier alpha value is -3.45. The van der Waals surface area contributed by atoms with Crippen molar-refractivity contribution >= 4 is 24.9 Å². The number of amides is 2. The van der Waals surface area contributed by atoms with Crippen LogP contribution < -0.4 is 15.7 Å². The Morgan fingerprint density at radius 2 is 2.16 bits per heavy atom. The number of nitrogens with one attached hydrogen (secondary N) is 1. The van der Waals surface area contributed by atoms with Crippen molar-refractivity contribution in [2.45, 2.75) is 31.4 Å². The van der Waals surface area contributed by atoms with Crippen molar-refractivity contribution in [3.63, 3.8) is 0 Å². The fourth-order valence-electron chi connectivity index (χ4n) is 3.72. The number of carboxylic acid groups (broad SMARTS) is 1. The Bertz CT molecular complexity index is 1030. The molecule has 4 rings (SSSR count). The number of carbonyl (C=O) groups is 3. The normalized spacial score (nSPS) is 20.2. The number of nitrogens with two attached hydrogens (primary N) is 1. The maximum Gasteiger partial charge on any atom is 0.547 e. The van der Waals surface area contributed by atoms with Crippen molar-refractivity contribution < 1.29 is 29.2 Å². The lowest BCUT2D eigenvalue weighted by atomic mass is 9.72. The van der Waals surface area contributed by atoms with Gasteiger partial charge in [-0.05, 0) is 24.5 Å². The van der Waals surface area contributed by atoms with Crippen LogP contribution in [0.2, 0.25) is 0 Å². The van der Waals surface area contributed by atoms with Gasteiger partial charge < -0.3 is 30.7 Å². The maximum atomic E-state index is 12.4. The molecule has 162 valence electrons. The van der Waals surface area contributed by atoms with Crippen LogP contribution in [-0.4, -0.2) is 80.0 Å². The van der Waals surface area contributed by atoms with E-state index in [0.29, 0.717) is 18.7 Å². The van der Waals surface area contributed by atoms with Crippen LogP contribution in [0.3, 0.4) is 0 Å². The second-order valence-electron chi connectivity index (χ2n) is 7.59. The zero-order chi connectivity index (χ0) is 22.1. The predicted octanol–water partition coefficient (Wildman–Crippen LogP) is -1.71. The second-order valence-corrected chi connectivity index (χ2v) is 7.59. The van der Waals surface area contributed by atoms with Gasteiger partial charge in [0.1, 0.15) is 12.3 Å². The van der Waals surface area contributed by atoms with E-state index in [4.69, 9.17) is 10.4 Å². The molecule has 0 spiro atoms. The van der Waals surface area contributed by atoms with E-state index < -0.39 is 24.9 Å². The van der Waals surface area contributed by atoms with Crippen LogP contribution in [0.4, 0.5) is 0 Å². The number of hydrogen-bond donors (Lipinski definition) is 4. The van der Waals surface area contributed by atoms with Gasteiger partial charge in [-0.3, -0.25) is 9.59 Å². The van der Waals surface area contributed by atoms with Crippen LogP contribution >= 0.6 is 0 Å². The Morgan fingerprint density at radius 3 is 2.87 bits per heavy atom. The Morgan fingerprint density at radius 1 is 1.35 bits per heavy atom. The number of carboxylic acids is 1. The quantitative estimate of drug-likeness (QED) is 0.405. The molecule has 0 saturated carbocycles. The molecule has 0 aliphatic carbocycles. The van der Waals surface area contributed by atoms with Gasteiger partial charge in [0.15, 0.2) is 5.69 Å². The largest absolute Gasteiger partial charge is 0.547 e. The van der Waals surface area contributed by atoms with Gasteiger partial charge in [0.2, 0.25) is 5.91 Å². The molecule has 2 aliphatic heterocycles. The van der Waals surface area contributed by atoms with Gasteiger partial charge in [-0.25, -0.2) is 9.48 Å². The topological polar surface area (TPSA) is 173 Å². The summed E-state index contributed by atoms with van der Waals surface area (Å²) in [5.74, 6) is -2.62. The summed E-state index contributed by atoms with van der Waals surface area (Å²) in [4.78, 5) is 37.7. The van der Waals surface area contributed by atoms with Crippen LogP contribution in [0.15, 0.2) is 24.4 Å². The molecule has 13 heteroatoms. The molecule has 1 aromatic carbocycles. The van der Waals surface area contributed by atoms with Crippen LogP contribution in [0.1, 0.15) is 32.8 Å². The van der Waals surface area contributed by atoms with Crippen molar-refractivity contribution in [1.29, 1.82) is 0 Å². The highest BCUT2D eigenvalue weighted by Gasteiger charge is 2.37. The Labute approximate surface area is 177 Å². The van der Waals surface area contributed by atoms with E-state index in [1.165, 1.54) is 16.9 Å². The highest BCUT2D eigenvalue weighted by atomic mass is 16.5. The fraction of sp³-hybridized carbons (Fsp3) is 0.389. The van der Waals surface area contributed by atoms with Crippen molar-refractivity contribution in [3.05, 3.63) is 41.2 Å². The summed E-state index contributed by atoms with van der Waals surface area (Å²) in [6.45, 7) is 0.792. The van der Waals surface area contributed by atoms with E-state index in [-0.39, 0.29) is 41.9 Å². The van der Waals surface area contributed by atoms with Gasteiger partial charge in [-0.2, -0.15) is 0 Å². The summed E-state index contributed by atoms with van der Waals surface area (Å²) in [5, 5.41) is 29.8. The molecule has 1 aromatic heterocycles. The maximum absolute atomic E-state index is 12.4. The number of aromatic carboxylic acids is 1. The Balaban J connectivity index is 1.37. The lowest BCUT2D eigenvalue weighted by Crippen LogP contribution is -2.53. The molecule has 0 unspecified atom stereocenters. The molecule has 2 aromatic rings. The third-order valence-electron chi connectivity index (χ3n) is 5.27. The summed E-state index contributed by atoms with van der Waals surface area (Å²) >= 11 is 0. The summed E-state index contributed by atoms with van der Waals surface area (Å²) in [6, 6.07) is 4.58. The third-order valence-corrected chi connectivity index (χ3v) is 5.27. The summed E-state index contributed by atoms with van der Waals surface area (Å²) in [7, 11) is -1.41. The van der Waals surface area contributed by atoms with Gasteiger partial charge in [-0.15, -0.1) is 5.10 Å². The van der Waals surface area contributed by atoms with Gasteiger partial charge in [0.25, 0.3) is 5.91 Å². The van der Waals surface area contributed by atoms with Crippen molar-refractivity contribution in [2.75, 3.05) is 13.1 Å². The minimum Gasteiger partial charge on any atom is -0.534 e. The zero-order valence-corrected chi connectivity index (χ0v) is 16.5. The molecule has 0 bridgehead atoms. The first-order valence-corrected chi connectivity index (χ1v) is 9.76. The van der Waals surface area contributed by atoms with E-state index in [9.17, 15) is 24.5 Å². The van der Waals surface area contributed by atoms with Crippen LogP contribution in [0, 0.1) is 0 Å². The first kappa shape index (κ1) is 20.8. The molecule has 5 N–H and O–H groups in total. The lowest BCUT2D eigenvalue weighted by molar-refractivity contribution is -0.122. The van der Waals surface area contributed by atoms with Crippen molar-refractivity contribution in [2.24, 2.45) is 5.73 Å². The van der Waals surface area contributed by atoms with E-state index in [0.717, 1.165) is 6.42 Å². The number of fused-ring (bicyclic) bond motifs is 1. The number of carbonyl (C=O) groups excluding carboxylic acids is 2. The van der Waals surface area contributed by atoms with Crippen LogP contribution in [0.5, 0.6) is 5.75 Å². The number of nitrogens with zero attached hydrogens (tertiary/aromatic N) is 4. The van der Waals surface area contributed by atoms with Crippen LogP contribution in [-0.2, 0) is 17.8 Å². The molecule has 3 heterocycles. The average Bonchev–Trinajstić information content (AvgIpc) is 3.36. The van der Waals surface area contributed by atoms with Gasteiger partial charge >= 0.3 is 13.1 Å². The molecule has 1 fully saturated rings. The molecule has 2 aliphatic rings. The molecule has 2 atom stereocenters. The third kappa shape index (κ3) is 4.37. The number of likely N-dealkylation sites (tertiary alicyclic amines) is 1. The molecular formula is C18H21BN6O6. The minimum absolute atomic E-state index is 0.0504. The molecule has 2 amide bonds. The predicted molar refractivity (Wildman–Crippen MR) is 106 cm³/mol. The van der Waals surface area contributed by atoms with E-state index in [2.05, 4.69) is 15.6 Å². The standard InChI is InChI=1S/C18H21BN6O6/c20-11-4-5-24(7-11)17(27)13-8-25(23-22-13)9-15(26)21-14-6-10-2-1-3-12(18(28)29)16(10)31-19(14)30/h1-3,8,11,14,30H,4-7,9,20H2,(H,21,26)(H,28,29)/t11-,14-/m0/s1. The number of para-hydroxylation sites is 1. The first-order chi connectivity index (χ1) is 14.8. The molecular weight excluding hydrogens is 407 g/mol. The monoisotopic (exact) mass is 428 g/mol. The molecule has 1 saturated heterocycles. The van der Waals surface area contributed by atoms with Crippen molar-refractivity contribution in [1.82, 2.24) is 25.2 Å². The highest BCUT2D eigenvalue weighted by Crippen LogP contribution is 2.30. The number of benzene rings is 1. The molecule has 31 heavy (non-hydrogen) atoms. The lowest BCUT2D eigenvalue weighted by Gasteiger charge is -2.28. The second kappa shape index (κ2) is 8.36. The summed E-state index contributed by atoms with van der Waals surface area (Å²) < 4.78 is 6.58. The van der Waals surface area contributed by atoms with E-state index >= 15 is 0 Å². The first-order valence-electron chi connectivity index (χ1n) is 9.76. The minimum atomic E-state index is -1.41. The van der Waals surface area contributed by atoms with Gasteiger partial charge in [0.05, 0.1) is 17.7 Å². The molecule has 12 nitrogen and oxygen atoms in total. The van der Waals surface area contributed by atoms with E-state index in [1.807, 2.05) is 0 Å². The average molecular weight is 428 g/mol. The van der Waals surface area contributed by atoms with Crippen LogP contribution in [0.25, 0.3) is 0 Å². The number of rotatable bonds is 5. The fourth-order valence-corrected chi connectivity index (χ4v) is 3.72. The summed E-state index contributed by atoms with van der Waals surface area (Å²) in [6.07, 6.45) is 2.30. The van der Waals surface area contributed by atoms with Gasteiger partial charge in [-0.1, -0.05) is 17.3 Å². The Kier molecular flexibility index (Phi) is 5.61. The van der Waals surface area contributed by atoms with E-state index in [1.54, 1.807) is 17.0 Å². The zero-order valence-electron chi connectivity index (χ0n) is 16.5.